The second-order valence-corrected chi connectivity index (χ2v) is 11.6. The zero-order valence-electron chi connectivity index (χ0n) is 22.7. The normalized spacial score (nSPS) is 22.3. The second kappa shape index (κ2) is 10.9. The van der Waals surface area contributed by atoms with Crippen LogP contribution in [0.5, 0.6) is 0 Å². The quantitative estimate of drug-likeness (QED) is 0.478. The molecule has 3 unspecified atom stereocenters. The van der Waals surface area contributed by atoms with Crippen LogP contribution in [0.15, 0.2) is 30.6 Å². The van der Waals surface area contributed by atoms with Gasteiger partial charge in [-0.2, -0.15) is 5.26 Å². The number of aryl methyl sites for hydroxylation is 1. The summed E-state index contributed by atoms with van der Waals surface area (Å²) >= 11 is 0. The minimum atomic E-state index is -2.75. The second-order valence-electron chi connectivity index (χ2n) is 11.6. The molecule has 2 fully saturated rings. The third-order valence-electron chi connectivity index (χ3n) is 7.64. The number of alkyl halides is 2. The van der Waals surface area contributed by atoms with E-state index in [9.17, 15) is 28.7 Å². The maximum Gasteiger partial charge on any atom is 0.251 e. The van der Waals surface area contributed by atoms with Crippen LogP contribution in [0.3, 0.4) is 0 Å². The summed E-state index contributed by atoms with van der Waals surface area (Å²) in [5.74, 6) is -3.83. The Morgan fingerprint density at radius 1 is 1.26 bits per heavy atom. The van der Waals surface area contributed by atoms with Crippen molar-refractivity contribution in [1.29, 1.82) is 5.26 Å². The summed E-state index contributed by atoms with van der Waals surface area (Å²) in [7, 11) is 0. The number of halogens is 2. The number of H-pyrrole nitrogens is 1. The molecule has 0 bridgehead atoms. The number of carbonyl (C=O) groups excluding carboxylic acids is 2. The van der Waals surface area contributed by atoms with Crippen molar-refractivity contribution in [2.75, 3.05) is 11.4 Å². The molecule has 39 heavy (non-hydrogen) atoms. The molecule has 0 radical (unpaired) electrons. The Morgan fingerprint density at radius 3 is 2.44 bits per heavy atom. The number of aromatic nitrogens is 2. The molecule has 1 aromatic heterocycles. The van der Waals surface area contributed by atoms with Gasteiger partial charge >= 0.3 is 0 Å². The molecule has 1 saturated carbocycles. The predicted molar refractivity (Wildman–Crippen MR) is 141 cm³/mol. The van der Waals surface area contributed by atoms with Gasteiger partial charge in [0.05, 0.1) is 24.7 Å². The van der Waals surface area contributed by atoms with E-state index in [-0.39, 0.29) is 44.1 Å². The highest BCUT2D eigenvalue weighted by Crippen LogP contribution is 2.36. The van der Waals surface area contributed by atoms with Gasteiger partial charge in [0.15, 0.2) is 12.2 Å². The Morgan fingerprint density at radius 2 is 1.90 bits per heavy atom. The Balaban J connectivity index is 1.76. The SMILES string of the molecule is Cc1[nH]cnc1C(C(=O)NC1CCC(F)(F)CC1)N(C(=O)C1CC(O)CN1C#N)c1ccc(C(C)(C)C)cc1. The van der Waals surface area contributed by atoms with Crippen LogP contribution in [-0.2, 0) is 15.0 Å². The number of aromatic amines is 1. The van der Waals surface area contributed by atoms with Crippen molar-refractivity contribution in [2.24, 2.45) is 0 Å². The van der Waals surface area contributed by atoms with Crippen LogP contribution in [0.2, 0.25) is 0 Å². The van der Waals surface area contributed by atoms with Crippen molar-refractivity contribution in [3.8, 4) is 6.19 Å². The number of β-amino-alcohol motifs (C(OH)–C–C–N with tert-alkyl or cyclic N) is 1. The molecular formula is C28H36F2N6O3. The zero-order valence-corrected chi connectivity index (χ0v) is 22.7. The van der Waals surface area contributed by atoms with Gasteiger partial charge < -0.3 is 15.4 Å². The minimum Gasteiger partial charge on any atom is -0.391 e. The Bertz CT molecular complexity index is 1220. The summed E-state index contributed by atoms with van der Waals surface area (Å²) < 4.78 is 27.5. The van der Waals surface area contributed by atoms with Crippen LogP contribution in [0.4, 0.5) is 14.5 Å². The van der Waals surface area contributed by atoms with Crippen LogP contribution < -0.4 is 10.2 Å². The smallest absolute Gasteiger partial charge is 0.251 e. The van der Waals surface area contributed by atoms with E-state index < -0.39 is 42.0 Å². The number of nitriles is 1. The summed E-state index contributed by atoms with van der Waals surface area (Å²) in [5, 5.41) is 22.8. The Kier molecular flexibility index (Phi) is 7.98. The van der Waals surface area contributed by atoms with Gasteiger partial charge in [0.1, 0.15) is 6.04 Å². The fraction of sp³-hybridized carbons (Fsp3) is 0.571. The Labute approximate surface area is 227 Å². The zero-order chi connectivity index (χ0) is 28.5. The number of hydrogen-bond acceptors (Lipinski definition) is 6. The van der Waals surface area contributed by atoms with Crippen molar-refractivity contribution in [1.82, 2.24) is 20.2 Å². The van der Waals surface area contributed by atoms with Crippen molar-refractivity contribution in [3.05, 3.63) is 47.5 Å². The summed E-state index contributed by atoms with van der Waals surface area (Å²) in [6, 6.07) is 4.60. The molecule has 0 spiro atoms. The van der Waals surface area contributed by atoms with E-state index in [1.807, 2.05) is 18.3 Å². The highest BCUT2D eigenvalue weighted by Gasteiger charge is 2.44. The number of anilines is 1. The van der Waals surface area contributed by atoms with E-state index in [4.69, 9.17) is 0 Å². The first-order valence-electron chi connectivity index (χ1n) is 13.3. The third-order valence-corrected chi connectivity index (χ3v) is 7.64. The van der Waals surface area contributed by atoms with Crippen LogP contribution in [0.1, 0.15) is 75.9 Å². The number of aliphatic hydroxyl groups is 1. The minimum absolute atomic E-state index is 0.0122. The molecule has 1 aromatic carbocycles. The number of rotatable bonds is 6. The van der Waals surface area contributed by atoms with Crippen LogP contribution >= 0.6 is 0 Å². The summed E-state index contributed by atoms with van der Waals surface area (Å²) in [5.41, 5.74) is 2.17. The van der Waals surface area contributed by atoms with Gasteiger partial charge in [-0.05, 0) is 42.9 Å². The van der Waals surface area contributed by atoms with Gasteiger partial charge in [-0.1, -0.05) is 32.9 Å². The van der Waals surface area contributed by atoms with Gasteiger partial charge in [0, 0.05) is 36.7 Å². The molecular weight excluding hydrogens is 506 g/mol. The summed E-state index contributed by atoms with van der Waals surface area (Å²) in [4.78, 5) is 38.0. The molecule has 2 amide bonds. The van der Waals surface area contributed by atoms with Crippen molar-refractivity contribution in [3.63, 3.8) is 0 Å². The fourth-order valence-electron chi connectivity index (χ4n) is 5.32. The van der Waals surface area contributed by atoms with Crippen LogP contribution in [0.25, 0.3) is 0 Å². The molecule has 2 aliphatic rings. The molecule has 1 aliphatic heterocycles. The average molecular weight is 543 g/mol. The van der Waals surface area contributed by atoms with Crippen LogP contribution in [-0.4, -0.2) is 62.4 Å². The molecule has 2 aromatic rings. The first-order valence-corrected chi connectivity index (χ1v) is 13.3. The van der Waals surface area contributed by atoms with Gasteiger partial charge in [-0.25, -0.2) is 13.8 Å². The number of carbonyl (C=O) groups is 2. The third kappa shape index (κ3) is 6.22. The number of aliphatic hydroxyl groups excluding tert-OH is 1. The standard InChI is InChI=1S/C28H36F2N6O3/c1-17-23(33-16-32-17)24(25(38)34-19-9-11-28(29,30)12-10-19)36(20-7-5-18(6-8-20)27(2,3)4)26(39)22-13-21(37)14-35(22)15-31/h5-8,16,19,21-22,24,37H,9-14H2,1-4H3,(H,32,33)(H,34,38). The van der Waals surface area contributed by atoms with E-state index in [0.717, 1.165) is 5.56 Å². The lowest BCUT2D eigenvalue weighted by atomic mass is 9.87. The molecule has 210 valence electrons. The first kappa shape index (κ1) is 28.5. The van der Waals surface area contributed by atoms with Gasteiger partial charge in [-0.3, -0.25) is 19.4 Å². The molecule has 4 rings (SSSR count). The van der Waals surface area contributed by atoms with Crippen molar-refractivity contribution >= 4 is 17.5 Å². The number of amides is 2. The first-order chi connectivity index (χ1) is 18.3. The number of nitrogens with zero attached hydrogens (tertiary/aromatic N) is 4. The van der Waals surface area contributed by atoms with E-state index >= 15 is 0 Å². The summed E-state index contributed by atoms with van der Waals surface area (Å²) in [6.07, 6.45) is 2.18. The van der Waals surface area contributed by atoms with E-state index in [2.05, 4.69) is 36.1 Å². The molecule has 3 N–H and O–H groups in total. The molecule has 3 atom stereocenters. The number of imidazole rings is 1. The summed E-state index contributed by atoms with van der Waals surface area (Å²) in [6.45, 7) is 7.93. The largest absolute Gasteiger partial charge is 0.391 e. The molecule has 1 saturated heterocycles. The van der Waals surface area contributed by atoms with Gasteiger partial charge in [0.2, 0.25) is 11.8 Å². The monoisotopic (exact) mass is 542 g/mol. The molecule has 11 heteroatoms. The van der Waals surface area contributed by atoms with E-state index in [1.54, 1.807) is 19.1 Å². The fourth-order valence-corrected chi connectivity index (χ4v) is 5.32. The number of hydrogen-bond donors (Lipinski definition) is 3. The van der Waals surface area contributed by atoms with Crippen molar-refractivity contribution in [2.45, 2.75) is 95.4 Å². The highest BCUT2D eigenvalue weighted by atomic mass is 19.3. The number of nitrogens with one attached hydrogen (secondary N) is 2. The van der Waals surface area contributed by atoms with Gasteiger partial charge in [-0.15, -0.1) is 0 Å². The number of likely N-dealkylation sites (tertiary alicyclic amines) is 1. The molecule has 9 nitrogen and oxygen atoms in total. The average Bonchev–Trinajstić information content (AvgIpc) is 3.47. The molecule has 2 heterocycles. The lowest BCUT2D eigenvalue weighted by molar-refractivity contribution is -0.129. The maximum atomic E-state index is 14.2. The van der Waals surface area contributed by atoms with Crippen LogP contribution in [0, 0.1) is 18.4 Å². The van der Waals surface area contributed by atoms with E-state index in [0.29, 0.717) is 17.1 Å². The topological polar surface area (TPSA) is 125 Å². The van der Waals surface area contributed by atoms with Gasteiger partial charge in [0.25, 0.3) is 5.91 Å². The number of benzene rings is 1. The predicted octanol–water partition coefficient (Wildman–Crippen LogP) is 3.70. The van der Waals surface area contributed by atoms with E-state index in [1.165, 1.54) is 16.1 Å². The maximum absolute atomic E-state index is 14.2. The lowest BCUT2D eigenvalue weighted by Crippen LogP contribution is -2.52. The Hall–Kier alpha value is -3.52. The highest BCUT2D eigenvalue weighted by molar-refractivity contribution is 6.04. The van der Waals surface area contributed by atoms with Crippen molar-refractivity contribution < 1.29 is 23.5 Å². The lowest BCUT2D eigenvalue weighted by Gasteiger charge is -2.35. The molecule has 1 aliphatic carbocycles.